The van der Waals surface area contributed by atoms with Crippen LogP contribution in [0.3, 0.4) is 0 Å². The van der Waals surface area contributed by atoms with Crippen molar-refractivity contribution in [1.82, 2.24) is 4.98 Å². The van der Waals surface area contributed by atoms with E-state index < -0.39 is 18.5 Å². The lowest BCUT2D eigenvalue weighted by Crippen LogP contribution is -2.20. The number of ether oxygens (including phenoxy) is 1. The van der Waals surface area contributed by atoms with Crippen molar-refractivity contribution in [3.8, 4) is 11.3 Å². The van der Waals surface area contributed by atoms with Gasteiger partial charge >= 0.3 is 5.97 Å². The summed E-state index contributed by atoms with van der Waals surface area (Å²) in [5.74, 6) is -1.09. The summed E-state index contributed by atoms with van der Waals surface area (Å²) >= 11 is 1.30. The third kappa shape index (κ3) is 3.83. The molecular formula is C16H12N2O4S. The van der Waals surface area contributed by atoms with Crippen molar-refractivity contribution in [3.63, 3.8) is 0 Å². The van der Waals surface area contributed by atoms with Gasteiger partial charge in [-0.1, -0.05) is 30.3 Å². The molecule has 0 aliphatic carbocycles. The zero-order valence-electron chi connectivity index (χ0n) is 11.9. The van der Waals surface area contributed by atoms with Crippen LogP contribution in [-0.2, 0) is 9.53 Å². The van der Waals surface area contributed by atoms with Crippen LogP contribution in [0.5, 0.6) is 0 Å². The van der Waals surface area contributed by atoms with E-state index in [0.29, 0.717) is 5.13 Å². The van der Waals surface area contributed by atoms with Crippen molar-refractivity contribution in [2.75, 3.05) is 11.9 Å². The minimum Gasteiger partial charge on any atom is -0.457 e. The Labute approximate surface area is 135 Å². The van der Waals surface area contributed by atoms with E-state index in [1.165, 1.54) is 23.7 Å². The van der Waals surface area contributed by atoms with E-state index in [0.717, 1.165) is 11.3 Å². The fraction of sp³-hybridized carbons (Fsp3) is 0.0625. The molecule has 0 aliphatic heterocycles. The quantitative estimate of drug-likeness (QED) is 0.727. The van der Waals surface area contributed by atoms with Crippen molar-refractivity contribution >= 4 is 28.3 Å². The Morgan fingerprint density at radius 1 is 1.17 bits per heavy atom. The molecule has 0 saturated carbocycles. The lowest BCUT2D eigenvalue weighted by Gasteiger charge is -2.02. The van der Waals surface area contributed by atoms with Crippen LogP contribution < -0.4 is 5.32 Å². The highest BCUT2D eigenvalue weighted by atomic mass is 32.1. The third-order valence-electron chi connectivity index (χ3n) is 2.88. The van der Waals surface area contributed by atoms with Crippen molar-refractivity contribution < 1.29 is 18.7 Å². The number of rotatable bonds is 5. The van der Waals surface area contributed by atoms with Gasteiger partial charge in [-0.3, -0.25) is 10.1 Å². The fourth-order valence-corrected chi connectivity index (χ4v) is 2.56. The van der Waals surface area contributed by atoms with Crippen LogP contribution >= 0.6 is 11.3 Å². The van der Waals surface area contributed by atoms with Gasteiger partial charge in [0.15, 0.2) is 11.7 Å². The molecule has 0 bridgehead atoms. The van der Waals surface area contributed by atoms with Gasteiger partial charge in [0.2, 0.25) is 5.76 Å². The predicted octanol–water partition coefficient (Wildman–Crippen LogP) is 3.20. The number of benzene rings is 1. The number of carbonyl (C=O) groups excluding carboxylic acids is 2. The first-order chi connectivity index (χ1) is 11.2. The molecule has 3 aromatic rings. The number of furan rings is 1. The van der Waals surface area contributed by atoms with Gasteiger partial charge in [-0.05, 0) is 12.1 Å². The van der Waals surface area contributed by atoms with Crippen LogP contribution in [0.15, 0.2) is 58.5 Å². The topological polar surface area (TPSA) is 81.4 Å². The van der Waals surface area contributed by atoms with Gasteiger partial charge in [0.05, 0.1) is 12.0 Å². The lowest BCUT2D eigenvalue weighted by molar-refractivity contribution is -0.119. The Kier molecular flexibility index (Phi) is 4.49. The molecule has 6 nitrogen and oxygen atoms in total. The smallest absolute Gasteiger partial charge is 0.374 e. The summed E-state index contributed by atoms with van der Waals surface area (Å²) in [7, 11) is 0. The Morgan fingerprint density at radius 3 is 2.74 bits per heavy atom. The van der Waals surface area contributed by atoms with Gasteiger partial charge in [-0.15, -0.1) is 11.3 Å². The summed E-state index contributed by atoms with van der Waals surface area (Å²) in [5, 5.41) is 4.89. The molecule has 0 atom stereocenters. The Balaban J connectivity index is 1.54. The molecule has 3 rings (SSSR count). The minimum absolute atomic E-state index is 0.0541. The molecule has 2 aromatic heterocycles. The number of hydrogen-bond donors (Lipinski definition) is 1. The predicted molar refractivity (Wildman–Crippen MR) is 85.2 cm³/mol. The molecule has 23 heavy (non-hydrogen) atoms. The number of aromatic nitrogens is 1. The number of hydrogen-bond acceptors (Lipinski definition) is 6. The van der Waals surface area contributed by atoms with Crippen molar-refractivity contribution in [1.29, 1.82) is 0 Å². The molecule has 1 aromatic carbocycles. The van der Waals surface area contributed by atoms with Gasteiger partial charge in [0.1, 0.15) is 0 Å². The standard InChI is InChI=1S/C16H12N2O4S/c19-14(9-22-15(20)13-7-4-8-21-13)18-16-17-12(10-23-16)11-5-2-1-3-6-11/h1-8,10H,9H2,(H,17,18,19). The Bertz CT molecular complexity index is 797. The summed E-state index contributed by atoms with van der Waals surface area (Å²) in [6.07, 6.45) is 1.36. The van der Waals surface area contributed by atoms with E-state index in [1.807, 2.05) is 35.7 Å². The van der Waals surface area contributed by atoms with Crippen LogP contribution in [0.25, 0.3) is 11.3 Å². The molecule has 0 unspecified atom stereocenters. The molecular weight excluding hydrogens is 316 g/mol. The van der Waals surface area contributed by atoms with Crippen molar-refractivity contribution in [2.24, 2.45) is 0 Å². The minimum atomic E-state index is -0.686. The van der Waals surface area contributed by atoms with Crippen LogP contribution in [0.2, 0.25) is 0 Å². The zero-order valence-corrected chi connectivity index (χ0v) is 12.7. The molecule has 1 N–H and O–H groups in total. The number of amides is 1. The number of esters is 1. The van der Waals surface area contributed by atoms with Gasteiger partial charge in [0, 0.05) is 10.9 Å². The highest BCUT2D eigenvalue weighted by molar-refractivity contribution is 7.14. The highest BCUT2D eigenvalue weighted by Crippen LogP contribution is 2.24. The van der Waals surface area contributed by atoms with Crippen molar-refractivity contribution in [3.05, 3.63) is 59.9 Å². The normalized spacial score (nSPS) is 10.3. The van der Waals surface area contributed by atoms with E-state index in [2.05, 4.69) is 10.3 Å². The lowest BCUT2D eigenvalue weighted by atomic mass is 10.2. The molecule has 0 radical (unpaired) electrons. The SMILES string of the molecule is O=C(COC(=O)c1ccco1)Nc1nc(-c2ccccc2)cs1. The van der Waals surface area contributed by atoms with Gasteiger partial charge < -0.3 is 9.15 Å². The molecule has 0 spiro atoms. The van der Waals surface area contributed by atoms with E-state index >= 15 is 0 Å². The average molecular weight is 328 g/mol. The summed E-state index contributed by atoms with van der Waals surface area (Å²) in [6.45, 7) is -0.403. The molecule has 2 heterocycles. The monoisotopic (exact) mass is 328 g/mol. The number of nitrogens with one attached hydrogen (secondary N) is 1. The molecule has 116 valence electrons. The summed E-state index contributed by atoms with van der Waals surface area (Å²) in [4.78, 5) is 27.6. The second kappa shape index (κ2) is 6.89. The Morgan fingerprint density at radius 2 is 2.00 bits per heavy atom. The molecule has 1 amide bonds. The highest BCUT2D eigenvalue weighted by Gasteiger charge is 2.13. The zero-order chi connectivity index (χ0) is 16.1. The second-order valence-electron chi connectivity index (χ2n) is 4.51. The largest absolute Gasteiger partial charge is 0.457 e. The van der Waals surface area contributed by atoms with E-state index in [4.69, 9.17) is 9.15 Å². The number of thiazole rings is 1. The van der Waals surface area contributed by atoms with Crippen LogP contribution in [-0.4, -0.2) is 23.5 Å². The number of anilines is 1. The second-order valence-corrected chi connectivity index (χ2v) is 5.36. The van der Waals surface area contributed by atoms with Gasteiger partial charge in [-0.25, -0.2) is 9.78 Å². The maximum absolute atomic E-state index is 11.8. The number of carbonyl (C=O) groups is 2. The maximum Gasteiger partial charge on any atom is 0.374 e. The summed E-state index contributed by atoms with van der Waals surface area (Å²) < 4.78 is 9.73. The number of nitrogens with zero attached hydrogens (tertiary/aromatic N) is 1. The molecule has 7 heteroatoms. The molecule has 0 aliphatic rings. The van der Waals surface area contributed by atoms with Crippen LogP contribution in [0.4, 0.5) is 5.13 Å². The fourth-order valence-electron chi connectivity index (χ4n) is 1.82. The first-order valence-electron chi connectivity index (χ1n) is 6.74. The molecule has 0 fully saturated rings. The third-order valence-corrected chi connectivity index (χ3v) is 3.63. The van der Waals surface area contributed by atoms with E-state index in [9.17, 15) is 9.59 Å². The van der Waals surface area contributed by atoms with E-state index in [1.54, 1.807) is 6.07 Å². The Hall–Kier alpha value is -2.93. The van der Waals surface area contributed by atoms with Crippen LogP contribution in [0, 0.1) is 0 Å². The maximum atomic E-state index is 11.8. The van der Waals surface area contributed by atoms with Gasteiger partial charge in [0.25, 0.3) is 5.91 Å². The first-order valence-corrected chi connectivity index (χ1v) is 7.62. The van der Waals surface area contributed by atoms with Crippen molar-refractivity contribution in [2.45, 2.75) is 0 Å². The van der Waals surface area contributed by atoms with E-state index in [-0.39, 0.29) is 5.76 Å². The molecule has 0 saturated heterocycles. The average Bonchev–Trinajstić information content (AvgIpc) is 3.25. The first kappa shape index (κ1) is 15.0. The summed E-state index contributed by atoms with van der Waals surface area (Å²) in [5.41, 5.74) is 1.74. The summed E-state index contributed by atoms with van der Waals surface area (Å²) in [6, 6.07) is 12.7. The van der Waals surface area contributed by atoms with Gasteiger partial charge in [-0.2, -0.15) is 0 Å². The van der Waals surface area contributed by atoms with Crippen LogP contribution in [0.1, 0.15) is 10.6 Å².